The van der Waals surface area contributed by atoms with E-state index in [4.69, 9.17) is 9.47 Å². The molecule has 12 heteroatoms. The second-order valence-corrected chi connectivity index (χ2v) is 10.2. The Labute approximate surface area is 185 Å². The number of carboxylic acid groups (broad SMARTS) is 1. The molecule has 0 fully saturated rings. The number of hydrazine groups is 1. The fraction of sp³-hybridized carbons (Fsp3) is 0.150. The molecule has 0 aliphatic carbocycles. The van der Waals surface area contributed by atoms with Crippen LogP contribution in [-0.4, -0.2) is 58.2 Å². The second kappa shape index (κ2) is 9.02. The minimum atomic E-state index is -4.33. The van der Waals surface area contributed by atoms with E-state index in [2.05, 4.69) is 0 Å². The average Bonchev–Trinajstić information content (AvgIpc) is 3.03. The lowest BCUT2D eigenvalue weighted by Crippen LogP contribution is -2.45. The molecule has 1 N–H and O–H groups in total. The fourth-order valence-corrected chi connectivity index (χ4v) is 5.53. The number of methoxy groups -OCH3 is 2. The van der Waals surface area contributed by atoms with Gasteiger partial charge in [-0.2, -0.15) is 0 Å². The number of ether oxygens (including phenoxy) is 2. The Morgan fingerprint density at radius 1 is 0.875 bits per heavy atom. The highest BCUT2D eigenvalue weighted by Gasteiger charge is 2.34. The molecule has 0 spiro atoms. The second-order valence-electron chi connectivity index (χ2n) is 6.41. The Morgan fingerprint density at radius 2 is 1.38 bits per heavy atom. The maximum absolute atomic E-state index is 13.1. The van der Waals surface area contributed by atoms with E-state index in [-0.39, 0.29) is 14.7 Å². The van der Waals surface area contributed by atoms with Crippen LogP contribution >= 0.6 is 0 Å². The van der Waals surface area contributed by atoms with Crippen LogP contribution in [0.3, 0.4) is 0 Å². The first kappa shape index (κ1) is 23.3. The fourth-order valence-electron chi connectivity index (χ4n) is 2.88. The highest BCUT2D eigenvalue weighted by molar-refractivity contribution is 7.95. The summed E-state index contributed by atoms with van der Waals surface area (Å²) in [7, 11) is -5.51. The van der Waals surface area contributed by atoms with Crippen molar-refractivity contribution in [3.63, 3.8) is 0 Å². The number of amides is 1. The van der Waals surface area contributed by atoms with E-state index in [1.165, 1.54) is 62.8 Å². The first-order valence-electron chi connectivity index (χ1n) is 9.07. The normalized spacial score (nSPS) is 15.1. The molecule has 0 radical (unpaired) electrons. The minimum absolute atomic E-state index is 0.0532. The van der Waals surface area contributed by atoms with Gasteiger partial charge in [-0.05, 0) is 60.7 Å². The van der Waals surface area contributed by atoms with E-state index >= 15 is 0 Å². The van der Waals surface area contributed by atoms with Crippen molar-refractivity contribution in [3.05, 3.63) is 71.8 Å². The van der Waals surface area contributed by atoms with E-state index in [9.17, 15) is 26.7 Å². The molecule has 3 rings (SSSR count). The molecule has 1 aliphatic heterocycles. The number of hydrogen-bond acceptors (Lipinski definition) is 7. The summed E-state index contributed by atoms with van der Waals surface area (Å²) < 4.78 is 62.8. The van der Waals surface area contributed by atoms with Crippen LogP contribution in [0.2, 0.25) is 0 Å². The molecule has 0 atom stereocenters. The summed E-state index contributed by atoms with van der Waals surface area (Å²) in [6, 6.07) is 11.0. The SMILES string of the molecule is COc1ccc(S(=O)(=O)C2=CCN(S(=O)(=O)c3ccc(OC)cc3)N(C(=O)O)C=C2)cc1. The topological polar surface area (TPSA) is 131 Å². The molecule has 0 unspecified atom stereocenters. The number of nitrogens with zero attached hydrogens (tertiary/aromatic N) is 2. The predicted octanol–water partition coefficient (Wildman–Crippen LogP) is 2.47. The quantitative estimate of drug-likeness (QED) is 0.667. The molecule has 32 heavy (non-hydrogen) atoms. The lowest BCUT2D eigenvalue weighted by atomic mass is 10.3. The Bertz CT molecular complexity index is 1270. The molecule has 0 saturated heterocycles. The van der Waals surface area contributed by atoms with E-state index in [1.54, 1.807) is 0 Å². The van der Waals surface area contributed by atoms with Crippen molar-refractivity contribution >= 4 is 26.0 Å². The van der Waals surface area contributed by atoms with Crippen LogP contribution in [0, 0.1) is 0 Å². The largest absolute Gasteiger partial charge is 0.497 e. The summed E-state index contributed by atoms with van der Waals surface area (Å²) in [6.07, 6.45) is 1.45. The van der Waals surface area contributed by atoms with E-state index < -0.39 is 32.5 Å². The van der Waals surface area contributed by atoms with Gasteiger partial charge in [0, 0.05) is 6.20 Å². The summed E-state index contributed by atoms with van der Waals surface area (Å²) in [4.78, 5) is 11.3. The molecule has 2 aromatic carbocycles. The third kappa shape index (κ3) is 4.47. The molecule has 1 amide bonds. The maximum atomic E-state index is 13.1. The lowest BCUT2D eigenvalue weighted by molar-refractivity contribution is 0.0986. The number of benzene rings is 2. The van der Waals surface area contributed by atoms with Gasteiger partial charge in [0.05, 0.1) is 35.5 Å². The average molecular weight is 481 g/mol. The third-order valence-electron chi connectivity index (χ3n) is 4.58. The summed E-state index contributed by atoms with van der Waals surface area (Å²) in [5.41, 5.74) is 0. The molecular formula is C20H20N2O8S2. The van der Waals surface area contributed by atoms with Gasteiger partial charge in [-0.3, -0.25) is 0 Å². The molecule has 170 valence electrons. The highest BCUT2D eigenvalue weighted by atomic mass is 32.2. The maximum Gasteiger partial charge on any atom is 0.427 e. The zero-order chi connectivity index (χ0) is 23.5. The van der Waals surface area contributed by atoms with E-state index in [0.29, 0.717) is 20.9 Å². The number of carbonyl (C=O) groups is 1. The van der Waals surface area contributed by atoms with Crippen LogP contribution in [0.25, 0.3) is 0 Å². The zero-order valence-electron chi connectivity index (χ0n) is 17.1. The van der Waals surface area contributed by atoms with Crippen molar-refractivity contribution in [2.24, 2.45) is 0 Å². The van der Waals surface area contributed by atoms with Gasteiger partial charge in [0.15, 0.2) is 0 Å². The van der Waals surface area contributed by atoms with Gasteiger partial charge >= 0.3 is 6.09 Å². The van der Waals surface area contributed by atoms with Crippen molar-refractivity contribution < 1.29 is 36.2 Å². The first-order valence-corrected chi connectivity index (χ1v) is 12.0. The molecule has 0 saturated carbocycles. The van der Waals surface area contributed by atoms with Crippen LogP contribution in [0.4, 0.5) is 4.79 Å². The van der Waals surface area contributed by atoms with Gasteiger partial charge in [0.25, 0.3) is 10.0 Å². The Kier molecular flexibility index (Phi) is 6.57. The summed E-state index contributed by atoms with van der Waals surface area (Å²) in [6.45, 7) is -0.529. The van der Waals surface area contributed by atoms with Crippen LogP contribution in [0.5, 0.6) is 11.5 Å². The number of rotatable bonds is 6. The van der Waals surface area contributed by atoms with Crippen molar-refractivity contribution in [1.82, 2.24) is 9.42 Å². The van der Waals surface area contributed by atoms with E-state index in [0.717, 1.165) is 18.4 Å². The number of hydrogen-bond donors (Lipinski definition) is 1. The van der Waals surface area contributed by atoms with Gasteiger partial charge in [-0.25, -0.2) is 26.6 Å². The lowest BCUT2D eigenvalue weighted by Gasteiger charge is -2.27. The van der Waals surface area contributed by atoms with E-state index in [1.807, 2.05) is 0 Å². The highest BCUT2D eigenvalue weighted by Crippen LogP contribution is 2.27. The molecule has 0 bridgehead atoms. The van der Waals surface area contributed by atoms with Gasteiger partial charge < -0.3 is 14.6 Å². The van der Waals surface area contributed by atoms with Crippen LogP contribution in [-0.2, 0) is 19.9 Å². The van der Waals surface area contributed by atoms with Crippen LogP contribution in [0.1, 0.15) is 0 Å². The molecule has 1 aliphatic rings. The zero-order valence-corrected chi connectivity index (χ0v) is 18.7. The number of allylic oxidation sites excluding steroid dienone is 1. The monoisotopic (exact) mass is 480 g/mol. The van der Waals surface area contributed by atoms with Crippen molar-refractivity contribution in [3.8, 4) is 11.5 Å². The van der Waals surface area contributed by atoms with Gasteiger partial charge in [-0.15, -0.1) is 0 Å². The summed E-state index contributed by atoms with van der Waals surface area (Å²) in [5.74, 6) is 0.880. The van der Waals surface area contributed by atoms with Crippen LogP contribution in [0.15, 0.2) is 81.6 Å². The summed E-state index contributed by atoms with van der Waals surface area (Å²) >= 11 is 0. The van der Waals surface area contributed by atoms with Gasteiger partial charge in [-0.1, -0.05) is 4.41 Å². The Hall–Kier alpha value is -3.35. The molecule has 10 nitrogen and oxygen atoms in total. The summed E-state index contributed by atoms with van der Waals surface area (Å²) in [5, 5.41) is 9.98. The standard InChI is InChI=1S/C20H20N2O8S2/c1-29-15-3-7-17(8-4-15)31(25,26)18-11-13-21(20(23)24)22(14-12-18)32(27,28)19-9-5-16(30-2)6-10-19/h3-13H,14H2,1-2H3,(H,23,24). The van der Waals surface area contributed by atoms with Crippen molar-refractivity contribution in [2.45, 2.75) is 9.79 Å². The minimum Gasteiger partial charge on any atom is -0.497 e. The third-order valence-corrected chi connectivity index (χ3v) is 8.14. The van der Waals surface area contributed by atoms with Crippen molar-refractivity contribution in [2.75, 3.05) is 20.8 Å². The first-order chi connectivity index (χ1) is 15.1. The molecule has 1 heterocycles. The smallest absolute Gasteiger partial charge is 0.427 e. The van der Waals surface area contributed by atoms with Crippen molar-refractivity contribution in [1.29, 1.82) is 0 Å². The number of sulfonamides is 1. The number of sulfone groups is 1. The Morgan fingerprint density at radius 3 is 1.84 bits per heavy atom. The predicted molar refractivity (Wildman–Crippen MR) is 114 cm³/mol. The van der Waals surface area contributed by atoms with Crippen LogP contribution < -0.4 is 9.47 Å². The molecule has 2 aromatic rings. The van der Waals surface area contributed by atoms with Gasteiger partial charge in [0.1, 0.15) is 11.5 Å². The molecule has 0 aromatic heterocycles. The molecular weight excluding hydrogens is 460 g/mol. The van der Waals surface area contributed by atoms with Gasteiger partial charge in [0.2, 0.25) is 9.84 Å². The Balaban J connectivity index is 2.01.